The number of hydrogen-bond acceptors (Lipinski definition) is 4. The van der Waals surface area contributed by atoms with Crippen LogP contribution in [0.2, 0.25) is 0 Å². The van der Waals surface area contributed by atoms with Crippen LogP contribution >= 0.6 is 0 Å². The second-order valence-electron chi connectivity index (χ2n) is 3.65. The van der Waals surface area contributed by atoms with Crippen molar-refractivity contribution in [2.45, 2.75) is 20.3 Å². The third kappa shape index (κ3) is 3.73. The number of rotatable bonds is 5. The molecular weight excluding hydrogens is 220 g/mol. The van der Waals surface area contributed by atoms with Crippen LogP contribution < -0.4 is 0 Å². The van der Waals surface area contributed by atoms with E-state index in [-0.39, 0.29) is 19.1 Å². The van der Waals surface area contributed by atoms with Gasteiger partial charge in [-0.05, 0) is 20.3 Å². The molecule has 0 heterocycles. The zero-order valence-corrected chi connectivity index (χ0v) is 10.2. The van der Waals surface area contributed by atoms with Crippen LogP contribution in [-0.2, 0) is 19.1 Å². The summed E-state index contributed by atoms with van der Waals surface area (Å²) in [5.41, 5.74) is 0. The maximum absolute atomic E-state index is 11.8. The molecule has 1 rings (SSSR count). The van der Waals surface area contributed by atoms with Crippen LogP contribution in [0, 0.1) is 11.8 Å². The smallest absolute Gasteiger partial charge is 0.321 e. The van der Waals surface area contributed by atoms with Crippen LogP contribution in [0.1, 0.15) is 20.3 Å². The lowest BCUT2D eigenvalue weighted by atomic mass is 9.89. The Hall–Kier alpha value is -1.58. The van der Waals surface area contributed by atoms with Crippen molar-refractivity contribution < 1.29 is 19.1 Å². The van der Waals surface area contributed by atoms with Gasteiger partial charge in [0.25, 0.3) is 0 Å². The maximum atomic E-state index is 11.8. The second kappa shape index (κ2) is 6.89. The zero-order chi connectivity index (χ0) is 12.7. The van der Waals surface area contributed by atoms with Crippen molar-refractivity contribution in [3.05, 3.63) is 24.3 Å². The molecule has 0 saturated heterocycles. The van der Waals surface area contributed by atoms with Crippen LogP contribution in [0.25, 0.3) is 0 Å². The highest BCUT2D eigenvalue weighted by Gasteiger charge is 2.35. The molecule has 1 aliphatic carbocycles. The Labute approximate surface area is 101 Å². The normalized spacial score (nSPS) is 15.0. The minimum Gasteiger partial charge on any atom is -0.465 e. The minimum atomic E-state index is -0.886. The summed E-state index contributed by atoms with van der Waals surface area (Å²) in [6, 6.07) is 0. The molecule has 0 unspecified atom stereocenters. The van der Waals surface area contributed by atoms with E-state index in [0.717, 1.165) is 6.42 Å². The molecule has 4 nitrogen and oxygen atoms in total. The van der Waals surface area contributed by atoms with Crippen LogP contribution in [-0.4, -0.2) is 25.2 Å². The molecule has 0 bridgehead atoms. The van der Waals surface area contributed by atoms with E-state index in [1.807, 2.05) is 24.3 Å². The van der Waals surface area contributed by atoms with E-state index in [9.17, 15) is 9.59 Å². The highest BCUT2D eigenvalue weighted by molar-refractivity contribution is 5.95. The number of carbonyl (C=O) groups excluding carboxylic acids is 2. The third-order valence-corrected chi connectivity index (χ3v) is 2.45. The molecule has 0 atom stereocenters. The first-order valence-electron chi connectivity index (χ1n) is 5.87. The Balaban J connectivity index is 2.80. The molecule has 0 aromatic heterocycles. The van der Waals surface area contributed by atoms with E-state index in [4.69, 9.17) is 9.47 Å². The molecule has 0 aromatic carbocycles. The van der Waals surface area contributed by atoms with E-state index in [0.29, 0.717) is 0 Å². The summed E-state index contributed by atoms with van der Waals surface area (Å²) < 4.78 is 9.83. The predicted octanol–water partition coefficient (Wildman–Crippen LogP) is 1.86. The minimum absolute atomic E-state index is 0.259. The predicted molar refractivity (Wildman–Crippen MR) is 63.1 cm³/mol. The van der Waals surface area contributed by atoms with Crippen molar-refractivity contribution in [2.75, 3.05) is 13.2 Å². The van der Waals surface area contributed by atoms with Gasteiger partial charge in [0.05, 0.1) is 13.2 Å². The lowest BCUT2D eigenvalue weighted by molar-refractivity contribution is -0.162. The molecule has 94 valence electrons. The molecule has 0 amide bonds. The van der Waals surface area contributed by atoms with Gasteiger partial charge >= 0.3 is 11.9 Å². The van der Waals surface area contributed by atoms with Gasteiger partial charge in [0.2, 0.25) is 0 Å². The van der Waals surface area contributed by atoms with Crippen LogP contribution in [0.15, 0.2) is 24.3 Å². The van der Waals surface area contributed by atoms with Crippen LogP contribution in [0.4, 0.5) is 0 Å². The van der Waals surface area contributed by atoms with Gasteiger partial charge in [0, 0.05) is 5.92 Å². The molecule has 0 spiro atoms. The third-order valence-electron chi connectivity index (χ3n) is 2.45. The highest BCUT2D eigenvalue weighted by Crippen LogP contribution is 2.22. The van der Waals surface area contributed by atoms with Crippen LogP contribution in [0.5, 0.6) is 0 Å². The first-order valence-corrected chi connectivity index (χ1v) is 5.87. The molecule has 17 heavy (non-hydrogen) atoms. The monoisotopic (exact) mass is 238 g/mol. The molecule has 0 fully saturated rings. The Bertz CT molecular complexity index is 300. The summed E-state index contributed by atoms with van der Waals surface area (Å²) in [6.07, 6.45) is 8.37. The average Bonchev–Trinajstić information content (AvgIpc) is 2.31. The number of esters is 2. The summed E-state index contributed by atoms with van der Waals surface area (Å²) in [7, 11) is 0. The van der Waals surface area contributed by atoms with Crippen molar-refractivity contribution in [3.63, 3.8) is 0 Å². The lowest BCUT2D eigenvalue weighted by Crippen LogP contribution is -2.33. The zero-order valence-electron chi connectivity index (χ0n) is 10.2. The van der Waals surface area contributed by atoms with E-state index < -0.39 is 17.9 Å². The lowest BCUT2D eigenvalue weighted by Gasteiger charge is -2.20. The van der Waals surface area contributed by atoms with Gasteiger partial charge in [-0.25, -0.2) is 0 Å². The van der Waals surface area contributed by atoms with Crippen molar-refractivity contribution in [3.8, 4) is 0 Å². The van der Waals surface area contributed by atoms with Crippen molar-refractivity contribution >= 4 is 11.9 Å². The van der Waals surface area contributed by atoms with E-state index in [1.165, 1.54) is 0 Å². The topological polar surface area (TPSA) is 52.6 Å². The van der Waals surface area contributed by atoms with Crippen molar-refractivity contribution in [2.24, 2.45) is 11.8 Å². The molecule has 0 aromatic rings. The number of hydrogen-bond donors (Lipinski definition) is 0. The number of allylic oxidation sites excluding steroid dienone is 4. The summed E-state index contributed by atoms with van der Waals surface area (Å²) in [4.78, 5) is 23.5. The van der Waals surface area contributed by atoms with E-state index >= 15 is 0 Å². The molecular formula is C13H18O4. The van der Waals surface area contributed by atoms with E-state index in [1.54, 1.807) is 13.8 Å². The second-order valence-corrected chi connectivity index (χ2v) is 3.65. The molecule has 0 aliphatic heterocycles. The fourth-order valence-electron chi connectivity index (χ4n) is 1.71. The molecule has 1 aliphatic rings. The van der Waals surface area contributed by atoms with Crippen molar-refractivity contribution in [1.82, 2.24) is 0 Å². The summed E-state index contributed by atoms with van der Waals surface area (Å²) in [5.74, 6) is -2.19. The van der Waals surface area contributed by atoms with Gasteiger partial charge in [0.1, 0.15) is 0 Å². The van der Waals surface area contributed by atoms with Gasteiger partial charge in [0.15, 0.2) is 5.92 Å². The quantitative estimate of drug-likeness (QED) is 0.417. The number of carbonyl (C=O) groups is 2. The average molecular weight is 238 g/mol. The maximum Gasteiger partial charge on any atom is 0.321 e. The van der Waals surface area contributed by atoms with Gasteiger partial charge in [-0.2, -0.15) is 0 Å². The molecule has 0 N–H and O–H groups in total. The number of ether oxygens (including phenoxy) is 2. The van der Waals surface area contributed by atoms with Gasteiger partial charge < -0.3 is 9.47 Å². The van der Waals surface area contributed by atoms with Gasteiger partial charge in [-0.1, -0.05) is 24.3 Å². The Morgan fingerprint density at radius 3 is 2.00 bits per heavy atom. The summed E-state index contributed by atoms with van der Waals surface area (Å²) in [6.45, 7) is 3.95. The Kier molecular flexibility index (Phi) is 5.46. The largest absolute Gasteiger partial charge is 0.465 e. The molecule has 0 radical (unpaired) electrons. The summed E-state index contributed by atoms with van der Waals surface area (Å²) in [5, 5.41) is 0. The first-order chi connectivity index (χ1) is 8.20. The molecule has 0 saturated carbocycles. The van der Waals surface area contributed by atoms with Crippen LogP contribution in [0.3, 0.4) is 0 Å². The highest BCUT2D eigenvalue weighted by atomic mass is 16.6. The fourth-order valence-corrected chi connectivity index (χ4v) is 1.71. The molecule has 4 heteroatoms. The van der Waals surface area contributed by atoms with Gasteiger partial charge in [-0.15, -0.1) is 0 Å². The fraction of sp³-hybridized carbons (Fsp3) is 0.538. The standard InChI is InChI=1S/C13H18O4/c1-3-16-12(14)11(13(15)17-4-2)10-8-6-5-7-9-10/h6-11H,3-5H2,1-2H3. The van der Waals surface area contributed by atoms with E-state index in [2.05, 4.69) is 0 Å². The Morgan fingerprint density at radius 2 is 1.59 bits per heavy atom. The SMILES string of the molecule is CCOC(=O)C(C(=O)OCC)C1C=CCC=C1. The van der Waals surface area contributed by atoms with Crippen molar-refractivity contribution in [1.29, 1.82) is 0 Å². The summed E-state index contributed by atoms with van der Waals surface area (Å²) >= 11 is 0. The van der Waals surface area contributed by atoms with Gasteiger partial charge in [-0.3, -0.25) is 9.59 Å². The Morgan fingerprint density at radius 1 is 1.12 bits per heavy atom. The first kappa shape index (κ1) is 13.5.